The molecule has 2 heterocycles. The molecule has 3 atom stereocenters. The monoisotopic (exact) mass is 243 g/mol. The van der Waals surface area contributed by atoms with Gasteiger partial charge in [0, 0.05) is 24.5 Å². The van der Waals surface area contributed by atoms with E-state index in [1.807, 2.05) is 0 Å². The molecular formula is C15H21N3. The number of hydrogen-bond acceptors (Lipinski definition) is 3. The fourth-order valence-electron chi connectivity index (χ4n) is 3.15. The van der Waals surface area contributed by atoms with Gasteiger partial charge in [-0.2, -0.15) is 0 Å². The average Bonchev–Trinajstić information content (AvgIpc) is 2.47. The number of benzene rings is 1. The number of nitrogens with two attached hydrogens (primary N) is 1. The van der Waals surface area contributed by atoms with Crippen LogP contribution < -0.4 is 16.4 Å². The number of rotatable bonds is 2. The molecule has 96 valence electrons. The zero-order chi connectivity index (χ0) is 12.4. The predicted molar refractivity (Wildman–Crippen MR) is 74.2 cm³/mol. The van der Waals surface area contributed by atoms with Crippen LogP contribution in [0.4, 0.5) is 0 Å². The largest absolute Gasteiger partial charge is 0.329 e. The third kappa shape index (κ3) is 1.99. The highest BCUT2D eigenvalue weighted by Gasteiger charge is 2.41. The summed E-state index contributed by atoms with van der Waals surface area (Å²) in [6.45, 7) is 2.78. The lowest BCUT2D eigenvalue weighted by Crippen LogP contribution is -2.64. The van der Waals surface area contributed by atoms with Gasteiger partial charge in [0.05, 0.1) is 6.04 Å². The maximum absolute atomic E-state index is 6.06. The first kappa shape index (κ1) is 11.9. The average molecular weight is 243 g/mol. The van der Waals surface area contributed by atoms with Gasteiger partial charge in [-0.15, -0.1) is 0 Å². The fourth-order valence-corrected chi connectivity index (χ4v) is 3.15. The quantitative estimate of drug-likeness (QED) is 0.684. The first-order chi connectivity index (χ1) is 8.84. The molecule has 3 heteroatoms. The van der Waals surface area contributed by atoms with Crippen molar-refractivity contribution in [2.75, 3.05) is 19.6 Å². The van der Waals surface area contributed by atoms with E-state index in [0.29, 0.717) is 18.5 Å². The van der Waals surface area contributed by atoms with E-state index in [1.54, 1.807) is 0 Å². The van der Waals surface area contributed by atoms with E-state index in [2.05, 4.69) is 53.1 Å². The molecule has 18 heavy (non-hydrogen) atoms. The minimum absolute atomic E-state index is 0.0699. The Morgan fingerprint density at radius 1 is 1.22 bits per heavy atom. The molecule has 0 spiro atoms. The molecule has 0 bridgehead atoms. The van der Waals surface area contributed by atoms with Gasteiger partial charge in [-0.25, -0.2) is 0 Å². The Morgan fingerprint density at radius 3 is 2.83 bits per heavy atom. The van der Waals surface area contributed by atoms with Crippen molar-refractivity contribution in [3.63, 3.8) is 0 Å². The van der Waals surface area contributed by atoms with Crippen LogP contribution in [0.25, 0.3) is 0 Å². The molecule has 1 fully saturated rings. The van der Waals surface area contributed by atoms with Crippen LogP contribution in [-0.4, -0.2) is 25.2 Å². The second-order valence-electron chi connectivity index (χ2n) is 5.34. The first-order valence-electron chi connectivity index (χ1n) is 6.76. The molecule has 0 unspecified atom stereocenters. The van der Waals surface area contributed by atoms with Crippen LogP contribution in [0.2, 0.25) is 0 Å². The highest BCUT2D eigenvalue weighted by molar-refractivity contribution is 5.28. The lowest BCUT2D eigenvalue weighted by molar-refractivity contribution is 0.172. The third-order valence-corrected chi connectivity index (χ3v) is 4.32. The van der Waals surface area contributed by atoms with E-state index in [4.69, 9.17) is 5.73 Å². The Bertz CT molecular complexity index is 429. The third-order valence-electron chi connectivity index (χ3n) is 4.32. The number of fused-ring (bicyclic) bond motifs is 1. The van der Waals surface area contributed by atoms with E-state index in [9.17, 15) is 0 Å². The molecular weight excluding hydrogens is 222 g/mol. The molecule has 0 radical (unpaired) electrons. The van der Waals surface area contributed by atoms with Crippen molar-refractivity contribution in [2.45, 2.75) is 18.0 Å². The summed E-state index contributed by atoms with van der Waals surface area (Å²) >= 11 is 0. The molecule has 2 aliphatic rings. The van der Waals surface area contributed by atoms with Gasteiger partial charge in [0.15, 0.2) is 0 Å². The van der Waals surface area contributed by atoms with Gasteiger partial charge in [0.1, 0.15) is 0 Å². The van der Waals surface area contributed by atoms with E-state index in [0.717, 1.165) is 19.5 Å². The molecule has 2 aliphatic heterocycles. The maximum atomic E-state index is 6.06. The Morgan fingerprint density at radius 2 is 2.06 bits per heavy atom. The zero-order valence-corrected chi connectivity index (χ0v) is 10.6. The van der Waals surface area contributed by atoms with E-state index in [1.165, 1.54) is 5.56 Å². The van der Waals surface area contributed by atoms with Crippen LogP contribution in [0.5, 0.6) is 0 Å². The van der Waals surface area contributed by atoms with Crippen LogP contribution in [0.3, 0.4) is 0 Å². The van der Waals surface area contributed by atoms with Crippen LogP contribution in [-0.2, 0) is 0 Å². The summed E-state index contributed by atoms with van der Waals surface area (Å²) < 4.78 is 0. The van der Waals surface area contributed by atoms with Crippen LogP contribution >= 0.6 is 0 Å². The lowest BCUT2D eigenvalue weighted by Gasteiger charge is -2.48. The van der Waals surface area contributed by atoms with Gasteiger partial charge in [0.25, 0.3) is 0 Å². The smallest absolute Gasteiger partial charge is 0.0511 e. The van der Waals surface area contributed by atoms with E-state index < -0.39 is 0 Å². The van der Waals surface area contributed by atoms with Gasteiger partial charge in [-0.05, 0) is 18.5 Å². The molecule has 1 aromatic rings. The summed E-state index contributed by atoms with van der Waals surface area (Å²) in [5, 5.41) is 7.23. The molecule has 0 saturated carbocycles. The summed E-state index contributed by atoms with van der Waals surface area (Å²) in [6.07, 6.45) is 5.72. The highest BCUT2D eigenvalue weighted by Crippen LogP contribution is 2.33. The Hall–Kier alpha value is -1.16. The van der Waals surface area contributed by atoms with Crippen molar-refractivity contribution in [3.8, 4) is 0 Å². The molecule has 3 rings (SSSR count). The van der Waals surface area contributed by atoms with Crippen molar-refractivity contribution < 1.29 is 0 Å². The van der Waals surface area contributed by atoms with Gasteiger partial charge >= 0.3 is 0 Å². The van der Waals surface area contributed by atoms with Crippen molar-refractivity contribution in [3.05, 3.63) is 48.0 Å². The number of hydrogen-bond donors (Lipinski definition) is 3. The Kier molecular flexibility index (Phi) is 3.20. The maximum Gasteiger partial charge on any atom is 0.0511 e. The van der Waals surface area contributed by atoms with Gasteiger partial charge in [-0.3, -0.25) is 5.32 Å². The molecule has 0 aliphatic carbocycles. The summed E-state index contributed by atoms with van der Waals surface area (Å²) in [6, 6.07) is 10.9. The first-order valence-corrected chi connectivity index (χ1v) is 6.76. The molecule has 4 N–H and O–H groups in total. The Balaban J connectivity index is 1.88. The predicted octanol–water partition coefficient (Wildman–Crippen LogP) is 1.19. The summed E-state index contributed by atoms with van der Waals surface area (Å²) in [5.41, 5.74) is 7.45. The van der Waals surface area contributed by atoms with Crippen molar-refractivity contribution in [1.82, 2.24) is 10.6 Å². The van der Waals surface area contributed by atoms with Gasteiger partial charge in [0.2, 0.25) is 0 Å². The summed E-state index contributed by atoms with van der Waals surface area (Å²) in [4.78, 5) is 0. The highest BCUT2D eigenvalue weighted by atomic mass is 15.1. The van der Waals surface area contributed by atoms with E-state index in [-0.39, 0.29) is 5.54 Å². The Labute approximate surface area is 108 Å². The minimum atomic E-state index is 0.0699. The van der Waals surface area contributed by atoms with Gasteiger partial charge in [-0.1, -0.05) is 42.5 Å². The molecule has 0 amide bonds. The summed E-state index contributed by atoms with van der Waals surface area (Å²) in [7, 11) is 0. The normalized spacial score (nSPS) is 35.2. The van der Waals surface area contributed by atoms with E-state index >= 15 is 0 Å². The van der Waals surface area contributed by atoms with Crippen molar-refractivity contribution in [1.29, 1.82) is 0 Å². The number of piperidine rings is 1. The minimum Gasteiger partial charge on any atom is -0.329 e. The molecule has 1 aromatic carbocycles. The van der Waals surface area contributed by atoms with Crippen molar-refractivity contribution in [2.24, 2.45) is 11.7 Å². The van der Waals surface area contributed by atoms with Crippen LogP contribution in [0, 0.1) is 5.92 Å². The van der Waals surface area contributed by atoms with Gasteiger partial charge < -0.3 is 11.1 Å². The second-order valence-corrected chi connectivity index (χ2v) is 5.34. The molecule has 1 saturated heterocycles. The van der Waals surface area contributed by atoms with Crippen LogP contribution in [0.1, 0.15) is 18.0 Å². The molecule has 0 aromatic heterocycles. The van der Waals surface area contributed by atoms with Crippen LogP contribution in [0.15, 0.2) is 42.5 Å². The SMILES string of the molecule is NC[C@@]12CCNC[C@H]1C=C[C@@H](c1ccccc1)N2. The van der Waals surface area contributed by atoms with Crippen molar-refractivity contribution >= 4 is 0 Å². The zero-order valence-electron chi connectivity index (χ0n) is 10.6. The topological polar surface area (TPSA) is 50.1 Å². The second kappa shape index (κ2) is 4.84. The number of nitrogens with one attached hydrogen (secondary N) is 2. The summed E-state index contributed by atoms with van der Waals surface area (Å²) in [5.74, 6) is 0.510. The lowest BCUT2D eigenvalue weighted by atomic mass is 9.74. The standard InChI is InChI=1S/C15H21N3/c16-11-15-8-9-17-10-13(15)6-7-14(18-15)12-4-2-1-3-5-12/h1-7,13-14,17-18H,8-11,16H2/t13-,14+,15+/m1/s1. The molecule has 3 nitrogen and oxygen atoms in total. The fraction of sp³-hybridized carbons (Fsp3) is 0.467.